The average molecular weight is 215 g/mol. The zero-order chi connectivity index (χ0) is 11.5. The molecule has 1 aliphatic carbocycles. The summed E-state index contributed by atoms with van der Waals surface area (Å²) in [4.78, 5) is 4.30. The lowest BCUT2D eigenvalue weighted by Gasteiger charge is -2.15. The third-order valence-electron chi connectivity index (χ3n) is 2.61. The fraction of sp³-hybridized carbons (Fsp3) is 0.308. The summed E-state index contributed by atoms with van der Waals surface area (Å²) in [6, 6.07) is 1.93. The normalized spacial score (nSPS) is 15.4. The quantitative estimate of drug-likeness (QED) is 0.797. The number of hydrogen-bond donors (Lipinski definition) is 2. The van der Waals surface area contributed by atoms with Crippen molar-refractivity contribution in [1.82, 2.24) is 4.98 Å². The number of rotatable bonds is 2. The molecule has 3 nitrogen and oxygen atoms in total. The number of anilines is 2. The number of nitrogen functional groups attached to an aromatic ring is 1. The zero-order valence-electron chi connectivity index (χ0n) is 9.75. The summed E-state index contributed by atoms with van der Waals surface area (Å²) in [7, 11) is 0. The van der Waals surface area contributed by atoms with Gasteiger partial charge in [-0.3, -0.25) is 0 Å². The van der Waals surface area contributed by atoms with Gasteiger partial charge in [0.2, 0.25) is 0 Å². The minimum absolute atomic E-state index is 0.702. The lowest BCUT2D eigenvalue weighted by Crippen LogP contribution is -2.06. The number of aromatic nitrogens is 1. The Balaban J connectivity index is 2.18. The van der Waals surface area contributed by atoms with Crippen LogP contribution < -0.4 is 11.1 Å². The maximum atomic E-state index is 5.91. The molecule has 84 valence electrons. The Kier molecular flexibility index (Phi) is 2.95. The maximum Gasteiger partial charge on any atom is 0.153 e. The number of hydrogen-bond acceptors (Lipinski definition) is 3. The predicted molar refractivity (Wildman–Crippen MR) is 68.1 cm³/mol. The van der Waals surface area contributed by atoms with E-state index in [2.05, 4.69) is 29.4 Å². The fourth-order valence-corrected chi connectivity index (χ4v) is 1.81. The SMILES string of the molecule is CC1=CCCC(Nc2ncc(C)cc2N)=C1. The molecule has 0 unspecified atom stereocenters. The second-order valence-electron chi connectivity index (χ2n) is 4.23. The largest absolute Gasteiger partial charge is 0.396 e. The highest BCUT2D eigenvalue weighted by atomic mass is 15.0. The smallest absolute Gasteiger partial charge is 0.153 e. The topological polar surface area (TPSA) is 50.9 Å². The van der Waals surface area contributed by atoms with Gasteiger partial charge >= 0.3 is 0 Å². The van der Waals surface area contributed by atoms with E-state index >= 15 is 0 Å². The van der Waals surface area contributed by atoms with Gasteiger partial charge in [0.1, 0.15) is 0 Å². The number of aryl methyl sites for hydroxylation is 1. The van der Waals surface area contributed by atoms with Gasteiger partial charge in [0.05, 0.1) is 5.69 Å². The van der Waals surface area contributed by atoms with Crippen LogP contribution in [0.1, 0.15) is 25.3 Å². The summed E-state index contributed by atoms with van der Waals surface area (Å²) < 4.78 is 0. The Morgan fingerprint density at radius 1 is 1.38 bits per heavy atom. The molecule has 0 aromatic carbocycles. The van der Waals surface area contributed by atoms with E-state index in [-0.39, 0.29) is 0 Å². The molecular formula is C13H17N3. The number of nitrogens with one attached hydrogen (secondary N) is 1. The molecule has 0 saturated heterocycles. The van der Waals surface area contributed by atoms with Crippen molar-refractivity contribution < 1.29 is 0 Å². The van der Waals surface area contributed by atoms with Gasteiger partial charge in [0.15, 0.2) is 5.82 Å². The molecule has 3 N–H and O–H groups in total. The molecule has 1 aliphatic rings. The lowest BCUT2D eigenvalue weighted by atomic mass is 10.1. The molecule has 0 amide bonds. The Bertz CT molecular complexity index is 458. The zero-order valence-corrected chi connectivity index (χ0v) is 9.75. The van der Waals surface area contributed by atoms with Crippen LogP contribution in [0.15, 0.2) is 35.7 Å². The molecule has 0 fully saturated rings. The van der Waals surface area contributed by atoms with Crippen LogP contribution in [-0.2, 0) is 0 Å². The molecule has 2 rings (SSSR count). The summed E-state index contributed by atoms with van der Waals surface area (Å²) >= 11 is 0. The van der Waals surface area contributed by atoms with Crippen LogP contribution in [0.2, 0.25) is 0 Å². The van der Waals surface area contributed by atoms with Gasteiger partial charge in [0, 0.05) is 11.9 Å². The van der Waals surface area contributed by atoms with Gasteiger partial charge in [-0.1, -0.05) is 11.6 Å². The van der Waals surface area contributed by atoms with Gasteiger partial charge in [-0.2, -0.15) is 0 Å². The standard InChI is InChI=1S/C13H17N3/c1-9-4-3-5-11(6-9)16-13-12(14)7-10(2)8-15-13/h4,6-8H,3,5,14H2,1-2H3,(H,15,16). The number of allylic oxidation sites excluding steroid dienone is 4. The molecular weight excluding hydrogens is 198 g/mol. The van der Waals surface area contributed by atoms with E-state index in [1.807, 2.05) is 19.2 Å². The average Bonchev–Trinajstić information content (AvgIpc) is 2.22. The first-order chi connectivity index (χ1) is 7.65. The van der Waals surface area contributed by atoms with Crippen LogP contribution in [0.3, 0.4) is 0 Å². The molecule has 0 saturated carbocycles. The van der Waals surface area contributed by atoms with Crippen molar-refractivity contribution in [2.24, 2.45) is 0 Å². The van der Waals surface area contributed by atoms with Gasteiger partial charge < -0.3 is 11.1 Å². The second kappa shape index (κ2) is 4.39. The summed E-state index contributed by atoms with van der Waals surface area (Å²) in [6.07, 6.45) is 8.30. The van der Waals surface area contributed by atoms with Gasteiger partial charge in [-0.25, -0.2) is 4.98 Å². The molecule has 1 aromatic rings. The van der Waals surface area contributed by atoms with Crippen LogP contribution in [-0.4, -0.2) is 4.98 Å². The van der Waals surface area contributed by atoms with Crippen LogP contribution in [0.5, 0.6) is 0 Å². The first-order valence-corrected chi connectivity index (χ1v) is 5.51. The molecule has 1 aromatic heterocycles. The second-order valence-corrected chi connectivity index (χ2v) is 4.23. The van der Waals surface area contributed by atoms with Crippen molar-refractivity contribution in [3.05, 3.63) is 41.2 Å². The highest BCUT2D eigenvalue weighted by Crippen LogP contribution is 2.22. The Labute approximate surface area is 96.1 Å². The fourth-order valence-electron chi connectivity index (χ4n) is 1.81. The van der Waals surface area contributed by atoms with E-state index in [0.29, 0.717) is 5.69 Å². The third kappa shape index (κ3) is 2.42. The van der Waals surface area contributed by atoms with Gasteiger partial charge in [-0.05, 0) is 44.4 Å². The molecule has 0 radical (unpaired) electrons. The predicted octanol–water partition coefficient (Wildman–Crippen LogP) is 3.01. The summed E-state index contributed by atoms with van der Waals surface area (Å²) in [5.41, 5.74) is 10.2. The Morgan fingerprint density at radius 3 is 2.88 bits per heavy atom. The van der Waals surface area contributed by atoms with Gasteiger partial charge in [-0.15, -0.1) is 0 Å². The maximum absolute atomic E-state index is 5.91. The molecule has 3 heteroatoms. The Morgan fingerprint density at radius 2 is 2.19 bits per heavy atom. The van der Waals surface area contributed by atoms with E-state index in [0.717, 1.165) is 24.2 Å². The minimum Gasteiger partial charge on any atom is -0.396 e. The summed E-state index contributed by atoms with van der Waals surface area (Å²) in [6.45, 7) is 4.09. The van der Waals surface area contributed by atoms with Crippen molar-refractivity contribution in [1.29, 1.82) is 0 Å². The van der Waals surface area contributed by atoms with Crippen LogP contribution in [0.4, 0.5) is 11.5 Å². The Hall–Kier alpha value is -1.77. The molecule has 0 bridgehead atoms. The molecule has 0 atom stereocenters. The third-order valence-corrected chi connectivity index (χ3v) is 2.61. The minimum atomic E-state index is 0.702. The van der Waals surface area contributed by atoms with Crippen molar-refractivity contribution in [3.63, 3.8) is 0 Å². The van der Waals surface area contributed by atoms with E-state index in [1.54, 1.807) is 0 Å². The van der Waals surface area contributed by atoms with E-state index < -0.39 is 0 Å². The molecule has 0 spiro atoms. The highest BCUT2D eigenvalue weighted by Gasteiger charge is 2.06. The first kappa shape index (κ1) is 10.7. The van der Waals surface area contributed by atoms with Crippen molar-refractivity contribution in [3.8, 4) is 0 Å². The number of pyridine rings is 1. The molecule has 0 aliphatic heterocycles. The monoisotopic (exact) mass is 215 g/mol. The molecule has 16 heavy (non-hydrogen) atoms. The first-order valence-electron chi connectivity index (χ1n) is 5.51. The van der Waals surface area contributed by atoms with E-state index in [4.69, 9.17) is 5.73 Å². The van der Waals surface area contributed by atoms with Crippen molar-refractivity contribution in [2.75, 3.05) is 11.1 Å². The van der Waals surface area contributed by atoms with E-state index in [1.165, 1.54) is 11.3 Å². The van der Waals surface area contributed by atoms with Crippen molar-refractivity contribution in [2.45, 2.75) is 26.7 Å². The summed E-state index contributed by atoms with van der Waals surface area (Å²) in [5.74, 6) is 0.756. The number of nitrogens with two attached hydrogens (primary N) is 1. The highest BCUT2D eigenvalue weighted by molar-refractivity contribution is 5.64. The van der Waals surface area contributed by atoms with E-state index in [9.17, 15) is 0 Å². The lowest BCUT2D eigenvalue weighted by molar-refractivity contribution is 0.946. The van der Waals surface area contributed by atoms with Crippen LogP contribution in [0, 0.1) is 6.92 Å². The van der Waals surface area contributed by atoms with Crippen LogP contribution in [0.25, 0.3) is 0 Å². The van der Waals surface area contributed by atoms with Crippen molar-refractivity contribution >= 4 is 11.5 Å². The van der Waals surface area contributed by atoms with Crippen LogP contribution >= 0.6 is 0 Å². The molecule has 1 heterocycles. The summed E-state index contributed by atoms with van der Waals surface area (Å²) in [5, 5.41) is 3.29. The van der Waals surface area contributed by atoms with Gasteiger partial charge in [0.25, 0.3) is 0 Å². The number of nitrogens with zero attached hydrogens (tertiary/aromatic N) is 1.